The lowest BCUT2D eigenvalue weighted by Gasteiger charge is -2.32. The van der Waals surface area contributed by atoms with Crippen LogP contribution in [0.15, 0.2) is 24.3 Å². The molecule has 2 atom stereocenters. The van der Waals surface area contributed by atoms with Crippen LogP contribution in [-0.2, 0) is 9.47 Å². The SMILES string of the molecule is C[C@H]1C[C@H](C)OC(c2ccc(Cl)cc2)O1. The summed E-state index contributed by atoms with van der Waals surface area (Å²) in [5, 5.41) is 0.732. The molecule has 0 unspecified atom stereocenters. The van der Waals surface area contributed by atoms with Crippen molar-refractivity contribution in [1.82, 2.24) is 0 Å². The summed E-state index contributed by atoms with van der Waals surface area (Å²) in [6.45, 7) is 4.14. The Bertz CT molecular complexity index is 313. The summed E-state index contributed by atoms with van der Waals surface area (Å²) in [6, 6.07) is 7.59. The molecule has 1 aromatic rings. The molecular formula is C12H15ClO2. The van der Waals surface area contributed by atoms with Gasteiger partial charge in [0, 0.05) is 10.6 Å². The highest BCUT2D eigenvalue weighted by Crippen LogP contribution is 2.29. The summed E-state index contributed by atoms with van der Waals surface area (Å²) in [4.78, 5) is 0. The van der Waals surface area contributed by atoms with E-state index in [-0.39, 0.29) is 18.5 Å². The fraction of sp³-hybridized carbons (Fsp3) is 0.500. The Labute approximate surface area is 95.1 Å². The highest BCUT2D eigenvalue weighted by Gasteiger charge is 2.25. The predicted octanol–water partition coefficient (Wildman–Crippen LogP) is 3.55. The van der Waals surface area contributed by atoms with Gasteiger partial charge in [-0.1, -0.05) is 23.7 Å². The van der Waals surface area contributed by atoms with Gasteiger partial charge in [0.05, 0.1) is 12.2 Å². The second-order valence-electron chi connectivity index (χ2n) is 4.01. The smallest absolute Gasteiger partial charge is 0.184 e. The van der Waals surface area contributed by atoms with Gasteiger partial charge >= 0.3 is 0 Å². The van der Waals surface area contributed by atoms with Gasteiger partial charge in [0.2, 0.25) is 0 Å². The van der Waals surface area contributed by atoms with E-state index in [1.54, 1.807) is 0 Å². The molecule has 0 N–H and O–H groups in total. The lowest BCUT2D eigenvalue weighted by atomic mass is 10.1. The third kappa shape index (κ3) is 2.71. The van der Waals surface area contributed by atoms with Crippen molar-refractivity contribution in [1.29, 1.82) is 0 Å². The summed E-state index contributed by atoms with van der Waals surface area (Å²) >= 11 is 5.83. The third-order valence-corrected chi connectivity index (χ3v) is 2.77. The minimum atomic E-state index is -0.249. The van der Waals surface area contributed by atoms with Crippen LogP contribution in [0.1, 0.15) is 32.1 Å². The average molecular weight is 227 g/mol. The van der Waals surface area contributed by atoms with E-state index in [1.807, 2.05) is 24.3 Å². The third-order valence-electron chi connectivity index (χ3n) is 2.52. The minimum absolute atomic E-state index is 0.245. The second kappa shape index (κ2) is 4.52. The lowest BCUT2D eigenvalue weighted by Crippen LogP contribution is -2.30. The molecule has 0 spiro atoms. The van der Waals surface area contributed by atoms with E-state index in [2.05, 4.69) is 13.8 Å². The van der Waals surface area contributed by atoms with E-state index in [1.165, 1.54) is 0 Å². The van der Waals surface area contributed by atoms with Crippen molar-refractivity contribution in [2.45, 2.75) is 38.8 Å². The number of hydrogen-bond donors (Lipinski definition) is 0. The van der Waals surface area contributed by atoms with Crippen molar-refractivity contribution in [2.75, 3.05) is 0 Å². The van der Waals surface area contributed by atoms with Crippen LogP contribution in [-0.4, -0.2) is 12.2 Å². The first kappa shape index (κ1) is 10.9. The van der Waals surface area contributed by atoms with Crippen LogP contribution in [0.3, 0.4) is 0 Å². The Balaban J connectivity index is 2.12. The van der Waals surface area contributed by atoms with Gasteiger partial charge in [-0.25, -0.2) is 0 Å². The number of hydrogen-bond acceptors (Lipinski definition) is 2. The summed E-state index contributed by atoms with van der Waals surface area (Å²) in [5.74, 6) is 0. The molecule has 0 saturated carbocycles. The highest BCUT2D eigenvalue weighted by molar-refractivity contribution is 6.30. The summed E-state index contributed by atoms with van der Waals surface area (Å²) in [7, 11) is 0. The molecule has 0 bridgehead atoms. The largest absolute Gasteiger partial charge is 0.345 e. The monoisotopic (exact) mass is 226 g/mol. The molecule has 2 nitrogen and oxygen atoms in total. The molecule has 3 heteroatoms. The van der Waals surface area contributed by atoms with Gasteiger partial charge in [-0.3, -0.25) is 0 Å². The highest BCUT2D eigenvalue weighted by atomic mass is 35.5. The predicted molar refractivity (Wildman–Crippen MR) is 59.9 cm³/mol. The summed E-state index contributed by atoms with van der Waals surface area (Å²) in [6.07, 6.45) is 1.19. The average Bonchev–Trinajstić information content (AvgIpc) is 2.17. The summed E-state index contributed by atoms with van der Waals surface area (Å²) in [5.41, 5.74) is 1.03. The molecular weight excluding hydrogens is 212 g/mol. The van der Waals surface area contributed by atoms with Gasteiger partial charge in [-0.2, -0.15) is 0 Å². The van der Waals surface area contributed by atoms with Gasteiger partial charge in [0.25, 0.3) is 0 Å². The molecule has 15 heavy (non-hydrogen) atoms. The zero-order valence-corrected chi connectivity index (χ0v) is 9.70. The van der Waals surface area contributed by atoms with E-state index in [4.69, 9.17) is 21.1 Å². The van der Waals surface area contributed by atoms with E-state index >= 15 is 0 Å². The van der Waals surface area contributed by atoms with E-state index in [0.29, 0.717) is 0 Å². The molecule has 1 fully saturated rings. The number of ether oxygens (including phenoxy) is 2. The van der Waals surface area contributed by atoms with Crippen molar-refractivity contribution in [2.24, 2.45) is 0 Å². The molecule has 1 aliphatic rings. The molecule has 0 aromatic heterocycles. The van der Waals surface area contributed by atoms with E-state index in [0.717, 1.165) is 17.0 Å². The van der Waals surface area contributed by atoms with E-state index < -0.39 is 0 Å². The Hall–Kier alpha value is -0.570. The molecule has 1 aliphatic heterocycles. The van der Waals surface area contributed by atoms with E-state index in [9.17, 15) is 0 Å². The zero-order valence-electron chi connectivity index (χ0n) is 8.94. The van der Waals surface area contributed by atoms with Gasteiger partial charge in [0.15, 0.2) is 6.29 Å². The Morgan fingerprint density at radius 1 is 1.07 bits per heavy atom. The van der Waals surface area contributed by atoms with Crippen LogP contribution >= 0.6 is 11.6 Å². The Morgan fingerprint density at radius 3 is 2.13 bits per heavy atom. The first-order chi connectivity index (χ1) is 7.15. The van der Waals surface area contributed by atoms with Crippen LogP contribution in [0, 0.1) is 0 Å². The van der Waals surface area contributed by atoms with Gasteiger partial charge in [-0.15, -0.1) is 0 Å². The molecule has 1 aromatic carbocycles. The molecule has 82 valence electrons. The minimum Gasteiger partial charge on any atom is -0.345 e. The normalized spacial score (nSPS) is 31.5. The molecule has 0 amide bonds. The maximum absolute atomic E-state index is 5.83. The fourth-order valence-electron chi connectivity index (χ4n) is 1.81. The first-order valence-corrected chi connectivity index (χ1v) is 5.59. The van der Waals surface area contributed by atoms with Crippen LogP contribution in [0.4, 0.5) is 0 Å². The van der Waals surface area contributed by atoms with Crippen LogP contribution in [0.25, 0.3) is 0 Å². The van der Waals surface area contributed by atoms with Crippen LogP contribution in [0.5, 0.6) is 0 Å². The maximum atomic E-state index is 5.83. The Morgan fingerprint density at radius 2 is 1.60 bits per heavy atom. The van der Waals surface area contributed by atoms with Gasteiger partial charge < -0.3 is 9.47 Å². The van der Waals surface area contributed by atoms with Crippen molar-refractivity contribution in [3.63, 3.8) is 0 Å². The Kier molecular flexibility index (Phi) is 3.29. The number of rotatable bonds is 1. The molecule has 0 aliphatic carbocycles. The van der Waals surface area contributed by atoms with Gasteiger partial charge in [0.1, 0.15) is 0 Å². The second-order valence-corrected chi connectivity index (χ2v) is 4.45. The van der Waals surface area contributed by atoms with Crippen LogP contribution < -0.4 is 0 Å². The molecule has 1 saturated heterocycles. The number of halogens is 1. The zero-order chi connectivity index (χ0) is 10.8. The molecule has 1 heterocycles. The fourth-order valence-corrected chi connectivity index (χ4v) is 1.94. The van der Waals surface area contributed by atoms with Gasteiger partial charge in [-0.05, 0) is 32.4 Å². The van der Waals surface area contributed by atoms with Crippen molar-refractivity contribution in [3.05, 3.63) is 34.9 Å². The summed E-state index contributed by atoms with van der Waals surface area (Å²) < 4.78 is 11.4. The topological polar surface area (TPSA) is 18.5 Å². The molecule has 0 radical (unpaired) electrons. The van der Waals surface area contributed by atoms with Crippen molar-refractivity contribution < 1.29 is 9.47 Å². The number of benzene rings is 1. The van der Waals surface area contributed by atoms with Crippen molar-refractivity contribution >= 4 is 11.6 Å². The molecule has 2 rings (SSSR count). The van der Waals surface area contributed by atoms with Crippen molar-refractivity contribution in [3.8, 4) is 0 Å². The lowest BCUT2D eigenvalue weighted by molar-refractivity contribution is -0.239. The standard InChI is InChI=1S/C12H15ClO2/c1-8-7-9(2)15-12(14-8)10-3-5-11(13)6-4-10/h3-6,8-9,12H,7H2,1-2H3/t8-,9-/m0/s1. The quantitative estimate of drug-likeness (QED) is 0.729. The maximum Gasteiger partial charge on any atom is 0.184 e. The first-order valence-electron chi connectivity index (χ1n) is 5.21. The van der Waals surface area contributed by atoms with Crippen LogP contribution in [0.2, 0.25) is 5.02 Å².